The van der Waals surface area contributed by atoms with Crippen LogP contribution in [0.15, 0.2) is 0 Å². The number of rotatable bonds is 2. The van der Waals surface area contributed by atoms with Crippen molar-refractivity contribution in [3.8, 4) is 0 Å². The van der Waals surface area contributed by atoms with E-state index in [1.807, 2.05) is 0 Å². The molecule has 3 heteroatoms. The fraction of sp³-hybridized carbons (Fsp3) is 0.750. The molecule has 1 saturated carbocycles. The van der Waals surface area contributed by atoms with E-state index in [0.29, 0.717) is 6.42 Å². The normalized spacial score (nSPS) is 30.4. The highest BCUT2D eigenvalue weighted by Crippen LogP contribution is 2.43. The van der Waals surface area contributed by atoms with Gasteiger partial charge in [-0.25, -0.2) is 0 Å². The lowest BCUT2D eigenvalue weighted by Gasteiger charge is -2.39. The van der Waals surface area contributed by atoms with Crippen LogP contribution in [0, 0.1) is 10.8 Å². The van der Waals surface area contributed by atoms with Gasteiger partial charge in [-0.1, -0.05) is 20.8 Å². The van der Waals surface area contributed by atoms with Crippen LogP contribution in [-0.2, 0) is 14.4 Å². The number of ketones is 3. The number of carbonyl (C=O) groups excluding carboxylic acids is 3. The Labute approximate surface area is 90.2 Å². The van der Waals surface area contributed by atoms with Crippen molar-refractivity contribution in [3.63, 3.8) is 0 Å². The second kappa shape index (κ2) is 3.54. The number of hydrogen-bond donors (Lipinski definition) is 0. The first-order valence-corrected chi connectivity index (χ1v) is 5.23. The maximum atomic E-state index is 12.1. The fourth-order valence-corrected chi connectivity index (χ4v) is 2.66. The molecule has 1 fully saturated rings. The minimum atomic E-state index is -0.773. The number of Topliss-reactive ketones (excluding diaryl/α,β-unsaturated/α-hetero) is 3. The van der Waals surface area contributed by atoms with Gasteiger partial charge in [0.2, 0.25) is 0 Å². The highest BCUT2D eigenvalue weighted by atomic mass is 16.1. The van der Waals surface area contributed by atoms with Gasteiger partial charge in [-0.2, -0.15) is 0 Å². The Morgan fingerprint density at radius 3 is 2.20 bits per heavy atom. The standard InChI is InChI=1S/C12H18O3/c1-8(13)5-12(4)7-9(14)6-11(2,3)10(12)15/h5-7H2,1-4H3/t12-/m1/s1. The van der Waals surface area contributed by atoms with Crippen molar-refractivity contribution in [1.82, 2.24) is 0 Å². The van der Waals surface area contributed by atoms with Gasteiger partial charge >= 0.3 is 0 Å². The van der Waals surface area contributed by atoms with Crippen molar-refractivity contribution in [2.45, 2.75) is 47.0 Å². The highest BCUT2D eigenvalue weighted by Gasteiger charge is 2.49. The van der Waals surface area contributed by atoms with E-state index < -0.39 is 10.8 Å². The summed E-state index contributed by atoms with van der Waals surface area (Å²) < 4.78 is 0. The van der Waals surface area contributed by atoms with E-state index in [0.717, 1.165) is 0 Å². The Kier molecular flexibility index (Phi) is 2.85. The molecule has 84 valence electrons. The summed E-state index contributed by atoms with van der Waals surface area (Å²) in [6.45, 7) is 6.76. The summed E-state index contributed by atoms with van der Waals surface area (Å²) in [5.74, 6) is 0.101. The predicted octanol–water partition coefficient (Wildman–Crippen LogP) is 1.93. The molecule has 0 bridgehead atoms. The lowest BCUT2D eigenvalue weighted by Crippen LogP contribution is -2.47. The molecule has 1 aliphatic carbocycles. The van der Waals surface area contributed by atoms with Crippen LogP contribution in [0.5, 0.6) is 0 Å². The van der Waals surface area contributed by atoms with Gasteiger partial charge in [0.1, 0.15) is 17.3 Å². The van der Waals surface area contributed by atoms with Crippen molar-refractivity contribution in [2.24, 2.45) is 10.8 Å². The van der Waals surface area contributed by atoms with Crippen LogP contribution in [0.1, 0.15) is 47.0 Å². The molecule has 1 atom stereocenters. The summed E-state index contributed by atoms with van der Waals surface area (Å²) in [5.41, 5.74) is -1.38. The van der Waals surface area contributed by atoms with Gasteiger partial charge in [0.15, 0.2) is 0 Å². The second-order valence-corrected chi connectivity index (χ2v) is 5.54. The quantitative estimate of drug-likeness (QED) is 0.699. The Balaban J connectivity index is 3.02. The second-order valence-electron chi connectivity index (χ2n) is 5.54. The lowest BCUT2D eigenvalue weighted by atomic mass is 9.61. The molecule has 0 N–H and O–H groups in total. The largest absolute Gasteiger partial charge is 0.300 e. The first kappa shape index (κ1) is 12.1. The van der Waals surface area contributed by atoms with E-state index in [2.05, 4.69) is 0 Å². The van der Waals surface area contributed by atoms with E-state index in [-0.39, 0.29) is 30.2 Å². The zero-order valence-electron chi connectivity index (χ0n) is 9.85. The van der Waals surface area contributed by atoms with Crippen LogP contribution in [-0.4, -0.2) is 17.3 Å². The molecule has 0 aromatic heterocycles. The summed E-state index contributed by atoms with van der Waals surface area (Å²) in [5, 5.41) is 0. The van der Waals surface area contributed by atoms with Crippen molar-refractivity contribution in [1.29, 1.82) is 0 Å². The molecular formula is C12H18O3. The number of hydrogen-bond acceptors (Lipinski definition) is 3. The monoisotopic (exact) mass is 210 g/mol. The Bertz CT molecular complexity index is 324. The smallest absolute Gasteiger partial charge is 0.145 e. The molecule has 0 aromatic rings. The molecule has 15 heavy (non-hydrogen) atoms. The summed E-state index contributed by atoms with van der Waals surface area (Å²) in [7, 11) is 0. The van der Waals surface area contributed by atoms with Crippen LogP contribution < -0.4 is 0 Å². The molecule has 1 aliphatic rings. The summed E-state index contributed by atoms with van der Waals surface area (Å²) in [4.78, 5) is 34.8. The third-order valence-corrected chi connectivity index (χ3v) is 3.03. The molecule has 0 aliphatic heterocycles. The van der Waals surface area contributed by atoms with Crippen LogP contribution in [0.4, 0.5) is 0 Å². The van der Waals surface area contributed by atoms with Gasteiger partial charge in [-0.05, 0) is 6.92 Å². The third kappa shape index (κ3) is 2.33. The van der Waals surface area contributed by atoms with Gasteiger partial charge in [0, 0.05) is 30.1 Å². The average molecular weight is 210 g/mol. The molecule has 1 rings (SSSR count). The zero-order valence-corrected chi connectivity index (χ0v) is 9.85. The van der Waals surface area contributed by atoms with Gasteiger partial charge < -0.3 is 0 Å². The van der Waals surface area contributed by atoms with Crippen molar-refractivity contribution >= 4 is 17.3 Å². The maximum Gasteiger partial charge on any atom is 0.145 e. The van der Waals surface area contributed by atoms with Crippen LogP contribution in [0.3, 0.4) is 0 Å². The third-order valence-electron chi connectivity index (χ3n) is 3.03. The van der Waals surface area contributed by atoms with E-state index in [1.165, 1.54) is 6.92 Å². The Morgan fingerprint density at radius 2 is 1.73 bits per heavy atom. The van der Waals surface area contributed by atoms with Crippen LogP contribution in [0.2, 0.25) is 0 Å². The fourth-order valence-electron chi connectivity index (χ4n) is 2.66. The minimum Gasteiger partial charge on any atom is -0.300 e. The lowest BCUT2D eigenvalue weighted by molar-refractivity contribution is -0.149. The highest BCUT2D eigenvalue weighted by molar-refractivity contribution is 6.02. The van der Waals surface area contributed by atoms with Gasteiger partial charge in [-0.15, -0.1) is 0 Å². The van der Waals surface area contributed by atoms with Crippen molar-refractivity contribution in [2.75, 3.05) is 0 Å². The average Bonchev–Trinajstić information content (AvgIpc) is 1.97. The van der Waals surface area contributed by atoms with Gasteiger partial charge in [0.25, 0.3) is 0 Å². The minimum absolute atomic E-state index is 0.0312. The zero-order chi connectivity index (χ0) is 11.9. The van der Waals surface area contributed by atoms with Crippen LogP contribution in [0.25, 0.3) is 0 Å². The molecule has 0 unspecified atom stereocenters. The molecule has 0 radical (unpaired) electrons. The van der Waals surface area contributed by atoms with Crippen LogP contribution >= 0.6 is 0 Å². The predicted molar refractivity (Wildman–Crippen MR) is 56.4 cm³/mol. The van der Waals surface area contributed by atoms with E-state index in [1.54, 1.807) is 20.8 Å². The van der Waals surface area contributed by atoms with E-state index in [9.17, 15) is 14.4 Å². The van der Waals surface area contributed by atoms with Gasteiger partial charge in [0.05, 0.1) is 0 Å². The van der Waals surface area contributed by atoms with Crippen molar-refractivity contribution in [3.05, 3.63) is 0 Å². The molecular weight excluding hydrogens is 192 g/mol. The SMILES string of the molecule is CC(=O)C[C@]1(C)CC(=O)CC(C)(C)C1=O. The van der Waals surface area contributed by atoms with Crippen molar-refractivity contribution < 1.29 is 14.4 Å². The molecule has 0 aromatic carbocycles. The molecule has 0 amide bonds. The summed E-state index contributed by atoms with van der Waals surface area (Å²) >= 11 is 0. The maximum absolute atomic E-state index is 12.1. The molecule has 0 saturated heterocycles. The van der Waals surface area contributed by atoms with Gasteiger partial charge in [-0.3, -0.25) is 14.4 Å². The molecule has 3 nitrogen and oxygen atoms in total. The molecule has 0 heterocycles. The summed E-state index contributed by atoms with van der Waals surface area (Å²) in [6, 6.07) is 0. The first-order chi connectivity index (χ1) is 6.67. The van der Waals surface area contributed by atoms with E-state index >= 15 is 0 Å². The summed E-state index contributed by atoms with van der Waals surface area (Å²) in [6.07, 6.45) is 0.704. The Morgan fingerprint density at radius 1 is 1.20 bits per heavy atom. The molecule has 0 spiro atoms. The Hall–Kier alpha value is -0.990. The topological polar surface area (TPSA) is 51.2 Å². The number of carbonyl (C=O) groups is 3. The first-order valence-electron chi connectivity index (χ1n) is 5.23. The van der Waals surface area contributed by atoms with E-state index in [4.69, 9.17) is 0 Å².